The van der Waals surface area contributed by atoms with Crippen molar-refractivity contribution in [2.45, 2.75) is 13.0 Å². The number of benzene rings is 1. The second kappa shape index (κ2) is 6.57. The zero-order valence-corrected chi connectivity index (χ0v) is 12.3. The Morgan fingerprint density at radius 3 is 3.05 bits per heavy atom. The number of carbonyl (C=O) groups excluding carboxylic acids is 1. The lowest BCUT2D eigenvalue weighted by atomic mass is 10.2. The number of halogens is 2. The van der Waals surface area contributed by atoms with Crippen LogP contribution in [0.2, 0.25) is 10.0 Å². The minimum atomic E-state index is -0.0710. The van der Waals surface area contributed by atoms with Crippen LogP contribution in [0.15, 0.2) is 18.2 Å². The molecule has 1 aliphatic heterocycles. The van der Waals surface area contributed by atoms with Crippen LogP contribution >= 0.6 is 23.2 Å². The SMILES string of the molecule is C[C@@H]1CN(CC(=O)Nc2cccc(Cl)c2Cl)CCN1. The Hall–Kier alpha value is -0.810. The first-order chi connectivity index (χ1) is 9.06. The van der Waals surface area contributed by atoms with Crippen LogP contribution in [0.3, 0.4) is 0 Å². The molecule has 0 aromatic heterocycles. The van der Waals surface area contributed by atoms with E-state index in [-0.39, 0.29) is 5.91 Å². The highest BCUT2D eigenvalue weighted by Gasteiger charge is 2.18. The molecule has 1 aliphatic rings. The van der Waals surface area contributed by atoms with Crippen LogP contribution < -0.4 is 10.6 Å². The number of amides is 1. The van der Waals surface area contributed by atoms with Crippen molar-refractivity contribution in [1.82, 2.24) is 10.2 Å². The van der Waals surface area contributed by atoms with Gasteiger partial charge in [0.05, 0.1) is 22.3 Å². The van der Waals surface area contributed by atoms with Crippen LogP contribution in [0.1, 0.15) is 6.92 Å². The van der Waals surface area contributed by atoms with Crippen molar-refractivity contribution in [3.63, 3.8) is 0 Å². The first-order valence-corrected chi connectivity index (χ1v) is 7.01. The molecular formula is C13H17Cl2N3O. The van der Waals surface area contributed by atoms with E-state index < -0.39 is 0 Å². The topological polar surface area (TPSA) is 44.4 Å². The van der Waals surface area contributed by atoms with Crippen LogP contribution in [-0.4, -0.2) is 43.0 Å². The van der Waals surface area contributed by atoms with Gasteiger partial charge in [-0.1, -0.05) is 29.3 Å². The van der Waals surface area contributed by atoms with Gasteiger partial charge in [-0.05, 0) is 19.1 Å². The molecule has 1 amide bonds. The number of rotatable bonds is 3. The number of piperazine rings is 1. The number of hydrogen-bond acceptors (Lipinski definition) is 3. The minimum Gasteiger partial charge on any atom is -0.324 e. The smallest absolute Gasteiger partial charge is 0.238 e. The molecule has 1 aromatic carbocycles. The number of anilines is 1. The summed E-state index contributed by atoms with van der Waals surface area (Å²) in [6, 6.07) is 5.61. The van der Waals surface area contributed by atoms with Crippen molar-refractivity contribution in [1.29, 1.82) is 0 Å². The van der Waals surface area contributed by atoms with Gasteiger partial charge in [0, 0.05) is 25.7 Å². The van der Waals surface area contributed by atoms with E-state index in [2.05, 4.69) is 22.5 Å². The minimum absolute atomic E-state index is 0.0710. The average molecular weight is 302 g/mol. The summed E-state index contributed by atoms with van der Waals surface area (Å²) in [5, 5.41) is 6.96. The number of carbonyl (C=O) groups is 1. The van der Waals surface area contributed by atoms with E-state index in [0.29, 0.717) is 28.3 Å². The maximum absolute atomic E-state index is 12.0. The molecule has 2 rings (SSSR count). The molecule has 0 bridgehead atoms. The molecular weight excluding hydrogens is 285 g/mol. The Balaban J connectivity index is 1.92. The molecule has 1 aromatic rings. The third-order valence-corrected chi connectivity index (χ3v) is 3.86. The molecule has 0 aliphatic carbocycles. The molecule has 1 heterocycles. The second-order valence-electron chi connectivity index (χ2n) is 4.74. The van der Waals surface area contributed by atoms with Gasteiger partial charge in [-0.25, -0.2) is 0 Å². The Bertz CT molecular complexity index is 467. The van der Waals surface area contributed by atoms with Crippen molar-refractivity contribution in [3.05, 3.63) is 28.2 Å². The third kappa shape index (κ3) is 4.08. The van der Waals surface area contributed by atoms with Crippen LogP contribution in [0, 0.1) is 0 Å². The zero-order valence-electron chi connectivity index (χ0n) is 10.7. The summed E-state index contributed by atoms with van der Waals surface area (Å²) >= 11 is 11.9. The highest BCUT2D eigenvalue weighted by Crippen LogP contribution is 2.29. The molecule has 0 unspecified atom stereocenters. The zero-order chi connectivity index (χ0) is 13.8. The normalized spacial score (nSPS) is 20.3. The first-order valence-electron chi connectivity index (χ1n) is 6.26. The van der Waals surface area contributed by atoms with Crippen molar-refractivity contribution in [2.24, 2.45) is 0 Å². The predicted octanol–water partition coefficient (Wildman–Crippen LogP) is 2.23. The lowest BCUT2D eigenvalue weighted by molar-refractivity contribution is -0.117. The van der Waals surface area contributed by atoms with Crippen LogP contribution in [0.25, 0.3) is 0 Å². The van der Waals surface area contributed by atoms with Gasteiger partial charge in [-0.2, -0.15) is 0 Å². The molecule has 1 atom stereocenters. The lowest BCUT2D eigenvalue weighted by Crippen LogP contribution is -2.51. The Labute approximate surface area is 123 Å². The van der Waals surface area contributed by atoms with Gasteiger partial charge in [-0.3, -0.25) is 9.69 Å². The van der Waals surface area contributed by atoms with Gasteiger partial charge in [0.25, 0.3) is 0 Å². The fraction of sp³-hybridized carbons (Fsp3) is 0.462. The molecule has 0 saturated carbocycles. The van der Waals surface area contributed by atoms with Gasteiger partial charge in [0.1, 0.15) is 0 Å². The first kappa shape index (κ1) is 14.6. The maximum Gasteiger partial charge on any atom is 0.238 e. The fourth-order valence-electron chi connectivity index (χ4n) is 2.15. The summed E-state index contributed by atoms with van der Waals surface area (Å²) in [6.45, 7) is 5.14. The van der Waals surface area contributed by atoms with Crippen molar-refractivity contribution < 1.29 is 4.79 Å². The van der Waals surface area contributed by atoms with E-state index in [1.165, 1.54) is 0 Å². The summed E-state index contributed by atoms with van der Waals surface area (Å²) in [7, 11) is 0. The summed E-state index contributed by atoms with van der Waals surface area (Å²) in [4.78, 5) is 14.1. The summed E-state index contributed by atoms with van der Waals surface area (Å²) < 4.78 is 0. The lowest BCUT2D eigenvalue weighted by Gasteiger charge is -2.31. The monoisotopic (exact) mass is 301 g/mol. The molecule has 1 saturated heterocycles. The van der Waals surface area contributed by atoms with Gasteiger partial charge in [-0.15, -0.1) is 0 Å². The average Bonchev–Trinajstić information content (AvgIpc) is 2.35. The second-order valence-corrected chi connectivity index (χ2v) is 5.53. The summed E-state index contributed by atoms with van der Waals surface area (Å²) in [5.41, 5.74) is 0.558. The van der Waals surface area contributed by atoms with Gasteiger partial charge < -0.3 is 10.6 Å². The summed E-state index contributed by atoms with van der Waals surface area (Å²) in [6.07, 6.45) is 0. The van der Waals surface area contributed by atoms with E-state index in [9.17, 15) is 4.79 Å². The highest BCUT2D eigenvalue weighted by molar-refractivity contribution is 6.43. The fourth-order valence-corrected chi connectivity index (χ4v) is 2.50. The number of hydrogen-bond donors (Lipinski definition) is 2. The molecule has 104 valence electrons. The summed E-state index contributed by atoms with van der Waals surface area (Å²) in [5.74, 6) is -0.0710. The van der Waals surface area contributed by atoms with E-state index in [1.807, 2.05) is 0 Å². The molecule has 6 heteroatoms. The largest absolute Gasteiger partial charge is 0.324 e. The maximum atomic E-state index is 12.0. The van der Waals surface area contributed by atoms with Gasteiger partial charge in [0.2, 0.25) is 5.91 Å². The van der Waals surface area contributed by atoms with Gasteiger partial charge >= 0.3 is 0 Å². The Morgan fingerprint density at radius 2 is 2.32 bits per heavy atom. The van der Waals surface area contributed by atoms with Crippen molar-refractivity contribution in [3.8, 4) is 0 Å². The molecule has 0 spiro atoms. The van der Waals surface area contributed by atoms with Crippen molar-refractivity contribution >= 4 is 34.8 Å². The van der Waals surface area contributed by atoms with Crippen molar-refractivity contribution in [2.75, 3.05) is 31.5 Å². The molecule has 4 nitrogen and oxygen atoms in total. The molecule has 19 heavy (non-hydrogen) atoms. The van der Waals surface area contributed by atoms with E-state index in [4.69, 9.17) is 23.2 Å². The predicted molar refractivity (Wildman–Crippen MR) is 79.0 cm³/mol. The van der Waals surface area contributed by atoms with E-state index >= 15 is 0 Å². The number of nitrogens with zero attached hydrogens (tertiary/aromatic N) is 1. The van der Waals surface area contributed by atoms with E-state index in [1.54, 1.807) is 18.2 Å². The third-order valence-electron chi connectivity index (χ3n) is 3.05. The Kier molecular flexibility index (Phi) is 5.05. The molecule has 2 N–H and O–H groups in total. The quantitative estimate of drug-likeness (QED) is 0.900. The number of nitrogens with one attached hydrogen (secondary N) is 2. The Morgan fingerprint density at radius 1 is 1.53 bits per heavy atom. The molecule has 0 radical (unpaired) electrons. The van der Waals surface area contributed by atoms with E-state index in [0.717, 1.165) is 19.6 Å². The highest BCUT2D eigenvalue weighted by atomic mass is 35.5. The van der Waals surface area contributed by atoms with Crippen LogP contribution in [-0.2, 0) is 4.79 Å². The van der Waals surface area contributed by atoms with Crippen LogP contribution in [0.4, 0.5) is 5.69 Å². The van der Waals surface area contributed by atoms with Crippen LogP contribution in [0.5, 0.6) is 0 Å². The molecule has 1 fully saturated rings. The standard InChI is InChI=1S/C13H17Cl2N3O/c1-9-7-18(6-5-16-9)8-12(19)17-11-4-2-3-10(14)13(11)15/h2-4,9,16H,5-8H2,1H3,(H,17,19)/t9-/m1/s1. The van der Waals surface area contributed by atoms with Gasteiger partial charge in [0.15, 0.2) is 0 Å².